The lowest BCUT2D eigenvalue weighted by Gasteiger charge is -2.40. The summed E-state index contributed by atoms with van der Waals surface area (Å²) in [4.78, 5) is 126. The van der Waals surface area contributed by atoms with Crippen LogP contribution in [0.2, 0.25) is 0 Å². The van der Waals surface area contributed by atoms with Crippen molar-refractivity contribution in [2.45, 2.75) is 154 Å². The zero-order chi connectivity index (χ0) is 102. The number of cyclic esters (lactones) is 3. The van der Waals surface area contributed by atoms with Gasteiger partial charge in [0.15, 0.2) is 71.1 Å². The number of esters is 6. The molecule has 0 amide bonds. The fourth-order valence-electron chi connectivity index (χ4n) is 17.5. The topological polar surface area (TPSA) is 573 Å². The SMILES string of the molecule is C=CCOC(=O)O[C@@H]1COC(Oc2c3c(c(-c4ccc5c(c4)OCO5)c4cc(CO)c(CO)cc24)C(=O)OC3)[C@H](O)[C@H]1OC(C)=O.C=CCOC(=O)O[C@@H]1COC(Oc2c3c(c(-c4ccc5c(c4)OCO5)c4cc(CO)c(CO)cc24)C(=O)OC3)[C@H](OC(=O)OCC=C)[C@H]1OC(C)=O.C=CCOC(=O)O[C@H]1C(Oc2c3c(c(-c4ccc5c(c4)OCO5)c4cc(CO)c(CO)cc24)C(=O)OC3)OC[C@@H](O)[C@@H]1OC(C)=O. The number of hydrogen-bond donors (Lipinski definition) is 8. The van der Waals surface area contributed by atoms with Gasteiger partial charge in [-0.05, 0) is 139 Å². The number of ether oxygens (including phenoxy) is 26. The van der Waals surface area contributed by atoms with E-state index in [1.54, 1.807) is 91.0 Å². The van der Waals surface area contributed by atoms with Crippen LogP contribution in [0.4, 0.5) is 19.2 Å². The van der Waals surface area contributed by atoms with Gasteiger partial charge in [0.1, 0.15) is 69.6 Å². The predicted octanol–water partition coefficient (Wildman–Crippen LogP) is 9.22. The minimum Gasteiger partial charge on any atom is -0.461 e. The number of aliphatic hydroxyl groups is 8. The van der Waals surface area contributed by atoms with Crippen LogP contribution in [0.15, 0.2) is 142 Å². The number of fused-ring (bicyclic) bond motifs is 9. The van der Waals surface area contributed by atoms with E-state index in [1.165, 1.54) is 24.3 Å². The van der Waals surface area contributed by atoms with Crippen molar-refractivity contribution in [2.24, 2.45) is 0 Å². The summed E-state index contributed by atoms with van der Waals surface area (Å²) < 4.78 is 144. The van der Waals surface area contributed by atoms with Crippen LogP contribution in [0.3, 0.4) is 0 Å². The molecule has 144 heavy (non-hydrogen) atoms. The molecule has 9 aromatic rings. The Balaban J connectivity index is 0.000000155. The van der Waals surface area contributed by atoms with Gasteiger partial charge in [0.2, 0.25) is 51.5 Å². The van der Waals surface area contributed by atoms with Crippen molar-refractivity contribution in [1.29, 1.82) is 0 Å². The van der Waals surface area contributed by atoms with Crippen LogP contribution >= 0.6 is 0 Å². The summed E-state index contributed by atoms with van der Waals surface area (Å²) >= 11 is 0. The zero-order valence-electron chi connectivity index (χ0n) is 76.9. The first kappa shape index (κ1) is 101. The summed E-state index contributed by atoms with van der Waals surface area (Å²) in [6, 6.07) is 25.2. The standard InChI is InChI=1S/C36H34O16.2C32H30O14/c1-4-8-43-35(41)50-27-16-46-34(32(31(27)49-18(3)39)52-36(42)44-9-5-2)51-30-23-11-21(14-38)20(13-37)10-22(23)28(29-24(30)15-45-33(29)40)19-6-7-25-26(12-19)48-17-47-25;1-3-6-39-32(38)46-29-28(44-15(2)35)22(36)13-41-31(29)45-27-20-8-18(11-34)17(10-33)7-19(20)25(26-21(27)12-40-30(26)37)16-4-5-23-24(9-16)43-14-42-23;1-3-6-39-32(38)45-24-13-41-31(27(36)29(24)44-15(2)35)46-28-20-8-18(11-34)17(10-33)7-19(20)25(26-21(28)12-40-30(26)37)16-4-5-22-23(9-16)43-14-42-22/h4-7,10-12,27,31-32,34,37-38H,1-2,8-9,13-17H2,3H3;3-5,7-9,22,28-29,31,33-34,36H,1,6,10-14H2,2H3;3-5,7-9,24,27,29,31,33-34,36H,1,6,10-14H2,2H3/t27-,31+,32-,34?;22-,28+,29-,31?;24-,27-,29+,31?/m111/s1. The molecule has 18 rings (SSSR count). The lowest BCUT2D eigenvalue weighted by atomic mass is 9.87. The van der Waals surface area contributed by atoms with Gasteiger partial charge in [-0.25, -0.2) is 33.6 Å². The fourth-order valence-corrected chi connectivity index (χ4v) is 17.5. The highest BCUT2D eigenvalue weighted by Gasteiger charge is 2.53. The van der Waals surface area contributed by atoms with E-state index < -0.39 is 180 Å². The van der Waals surface area contributed by atoms with Crippen LogP contribution in [0.1, 0.15) is 102 Å². The molecular formula is C100H94O44. The molecule has 3 unspecified atom stereocenters. The summed E-state index contributed by atoms with van der Waals surface area (Å²) in [6.07, 6.45) is -17.1. The highest BCUT2D eigenvalue weighted by Crippen LogP contribution is 2.54. The summed E-state index contributed by atoms with van der Waals surface area (Å²) in [5.41, 5.74) is 6.72. The van der Waals surface area contributed by atoms with E-state index in [0.717, 1.165) is 20.8 Å². The molecule has 758 valence electrons. The Bertz CT molecular complexity index is 6560. The van der Waals surface area contributed by atoms with Crippen LogP contribution in [0.25, 0.3) is 65.7 Å². The summed E-state index contributed by atoms with van der Waals surface area (Å²) in [5, 5.41) is 85.5. The van der Waals surface area contributed by atoms with Gasteiger partial charge in [-0.1, -0.05) is 68.8 Å². The van der Waals surface area contributed by atoms with E-state index >= 15 is 0 Å². The Hall–Kier alpha value is -15.6. The van der Waals surface area contributed by atoms with Gasteiger partial charge in [-0.2, -0.15) is 0 Å². The number of hydrogen-bond acceptors (Lipinski definition) is 44. The molecule has 0 radical (unpaired) electrons. The van der Waals surface area contributed by atoms with E-state index in [4.69, 9.17) is 123 Å². The molecule has 44 heteroatoms. The Morgan fingerprint density at radius 1 is 0.326 bits per heavy atom. The summed E-state index contributed by atoms with van der Waals surface area (Å²) in [6.45, 7) is 12.2. The second-order valence-electron chi connectivity index (χ2n) is 32.7. The van der Waals surface area contributed by atoms with E-state index in [9.17, 15) is 88.8 Å². The van der Waals surface area contributed by atoms with Crippen molar-refractivity contribution in [3.63, 3.8) is 0 Å². The molecule has 8 N–H and O–H groups in total. The molecule has 3 fully saturated rings. The maximum Gasteiger partial charge on any atom is 0.509 e. The summed E-state index contributed by atoms with van der Waals surface area (Å²) in [7, 11) is 0. The molecule has 0 aliphatic carbocycles. The zero-order valence-corrected chi connectivity index (χ0v) is 76.9. The highest BCUT2D eigenvalue weighted by molar-refractivity contribution is 6.16. The number of aliphatic hydroxyl groups excluding tert-OH is 8. The van der Waals surface area contributed by atoms with Crippen LogP contribution < -0.4 is 42.6 Å². The normalized spacial score (nSPS) is 20.8. The third-order valence-electron chi connectivity index (χ3n) is 23.7. The van der Waals surface area contributed by atoms with E-state index in [1.807, 2.05) is 0 Å². The second-order valence-corrected chi connectivity index (χ2v) is 32.7. The molecule has 0 bridgehead atoms. The molecular weight excluding hydrogens is 1910 g/mol. The molecule has 12 atom stereocenters. The van der Waals surface area contributed by atoms with Crippen molar-refractivity contribution in [3.05, 3.63) is 208 Å². The first-order chi connectivity index (χ1) is 69.6. The molecule has 9 aromatic carbocycles. The van der Waals surface area contributed by atoms with E-state index in [2.05, 4.69) is 26.3 Å². The molecule has 0 spiro atoms. The van der Waals surface area contributed by atoms with Crippen molar-refractivity contribution < 1.29 is 212 Å². The lowest BCUT2D eigenvalue weighted by molar-refractivity contribution is -0.252. The van der Waals surface area contributed by atoms with Gasteiger partial charge in [0.25, 0.3) is 0 Å². The average Bonchev–Trinajstić information content (AvgIpc) is 1.49. The van der Waals surface area contributed by atoms with Crippen LogP contribution in [0.5, 0.6) is 51.7 Å². The molecule has 3 saturated heterocycles. The Labute approximate surface area is 815 Å². The molecule has 9 aliphatic heterocycles. The van der Waals surface area contributed by atoms with E-state index in [0.29, 0.717) is 145 Å². The van der Waals surface area contributed by atoms with Crippen LogP contribution in [-0.2, 0) is 154 Å². The quantitative estimate of drug-likeness (QED) is 0.0118. The molecule has 9 aliphatic rings. The van der Waals surface area contributed by atoms with Crippen molar-refractivity contribution >= 4 is 92.8 Å². The third-order valence-corrected chi connectivity index (χ3v) is 23.7. The minimum atomic E-state index is -1.68. The lowest BCUT2D eigenvalue weighted by Crippen LogP contribution is -2.59. The third kappa shape index (κ3) is 21.0. The number of benzene rings is 9. The first-order valence-electron chi connectivity index (χ1n) is 44.4. The largest absolute Gasteiger partial charge is 0.509 e. The second kappa shape index (κ2) is 44.7. The highest BCUT2D eigenvalue weighted by atomic mass is 16.8. The predicted molar refractivity (Wildman–Crippen MR) is 485 cm³/mol. The number of carbonyl (C=O) groups excluding carboxylic acids is 10. The van der Waals surface area contributed by atoms with Gasteiger partial charge < -0.3 is 164 Å². The van der Waals surface area contributed by atoms with Crippen LogP contribution in [0, 0.1) is 0 Å². The molecule has 9 heterocycles. The Morgan fingerprint density at radius 3 is 0.944 bits per heavy atom. The van der Waals surface area contributed by atoms with Crippen LogP contribution in [-0.4, -0.2) is 242 Å². The van der Waals surface area contributed by atoms with Gasteiger partial charge >= 0.3 is 60.4 Å². The number of carbonyl (C=O) groups is 10. The van der Waals surface area contributed by atoms with Gasteiger partial charge in [0, 0.05) is 70.3 Å². The van der Waals surface area contributed by atoms with Crippen molar-refractivity contribution in [2.75, 3.05) is 66.6 Å². The maximum atomic E-state index is 13.5. The van der Waals surface area contributed by atoms with E-state index in [-0.39, 0.29) is 119 Å². The molecule has 0 aromatic heterocycles. The monoisotopic (exact) mass is 2000 g/mol. The fraction of sp³-hybridized carbons (Fsp3) is 0.340. The maximum absolute atomic E-state index is 13.5. The smallest absolute Gasteiger partial charge is 0.461 e. The van der Waals surface area contributed by atoms with Gasteiger partial charge in [0.05, 0.1) is 76.2 Å². The van der Waals surface area contributed by atoms with Gasteiger partial charge in [-0.3, -0.25) is 14.4 Å². The minimum absolute atomic E-state index is 0.0168. The first-order valence-corrected chi connectivity index (χ1v) is 44.4. The Kier molecular flexibility index (Phi) is 31.4. The molecule has 44 nitrogen and oxygen atoms in total. The summed E-state index contributed by atoms with van der Waals surface area (Å²) in [5.74, 6) is -1.15. The number of rotatable bonds is 30. The Morgan fingerprint density at radius 2 is 0.611 bits per heavy atom. The van der Waals surface area contributed by atoms with Gasteiger partial charge in [-0.15, -0.1) is 0 Å². The van der Waals surface area contributed by atoms with Crippen molar-refractivity contribution in [3.8, 4) is 85.1 Å². The van der Waals surface area contributed by atoms with Crippen molar-refractivity contribution in [1.82, 2.24) is 0 Å². The average molecular weight is 2000 g/mol. The molecule has 0 saturated carbocycles.